The van der Waals surface area contributed by atoms with E-state index in [1.165, 1.54) is 25.5 Å². The molecule has 0 unspecified atom stereocenters. The molecule has 148 valence electrons. The fourth-order valence-corrected chi connectivity index (χ4v) is 2.94. The monoisotopic (exact) mass is 394 g/mol. The van der Waals surface area contributed by atoms with E-state index in [9.17, 15) is 19.7 Å². The average Bonchev–Trinajstić information content (AvgIpc) is 3.05. The Morgan fingerprint density at radius 2 is 1.93 bits per heavy atom. The van der Waals surface area contributed by atoms with Gasteiger partial charge in [0.15, 0.2) is 0 Å². The van der Waals surface area contributed by atoms with Gasteiger partial charge in [-0.15, -0.1) is 0 Å². The van der Waals surface area contributed by atoms with Crippen molar-refractivity contribution in [2.24, 2.45) is 5.10 Å². The topological polar surface area (TPSA) is 116 Å². The lowest BCUT2D eigenvalue weighted by Crippen LogP contribution is -2.20. The molecule has 2 aromatic carbocycles. The third-order valence-electron chi connectivity index (χ3n) is 4.28. The van der Waals surface area contributed by atoms with Crippen molar-refractivity contribution in [2.75, 3.05) is 7.11 Å². The molecule has 1 aromatic heterocycles. The SMILES string of the molecule is COC(=O)Cn1cc(C=NNC(=O)Cc2ccccc2[N+](=O)[O-])c2ccccc21. The zero-order valence-electron chi connectivity index (χ0n) is 15.6. The highest BCUT2D eigenvalue weighted by Gasteiger charge is 2.15. The third kappa shape index (κ3) is 4.64. The Morgan fingerprint density at radius 3 is 2.69 bits per heavy atom. The first kappa shape index (κ1) is 19.7. The molecule has 3 aromatic rings. The number of fused-ring (bicyclic) bond motifs is 1. The van der Waals surface area contributed by atoms with Gasteiger partial charge in [0, 0.05) is 34.3 Å². The van der Waals surface area contributed by atoms with E-state index >= 15 is 0 Å². The normalized spacial score (nSPS) is 10.9. The van der Waals surface area contributed by atoms with Gasteiger partial charge in [-0.1, -0.05) is 36.4 Å². The Bertz CT molecular complexity index is 1100. The number of esters is 1. The molecule has 0 aliphatic carbocycles. The van der Waals surface area contributed by atoms with Gasteiger partial charge in [-0.25, -0.2) is 5.43 Å². The van der Waals surface area contributed by atoms with Crippen molar-refractivity contribution in [1.82, 2.24) is 9.99 Å². The number of para-hydroxylation sites is 2. The third-order valence-corrected chi connectivity index (χ3v) is 4.28. The molecule has 0 spiro atoms. The predicted octanol–water partition coefficient (Wildman–Crippen LogP) is 2.42. The molecule has 1 N–H and O–H groups in total. The van der Waals surface area contributed by atoms with Crippen LogP contribution in [0.5, 0.6) is 0 Å². The maximum Gasteiger partial charge on any atom is 0.325 e. The molecule has 0 saturated heterocycles. The molecule has 0 atom stereocenters. The number of hydrazone groups is 1. The number of carbonyl (C=O) groups excluding carboxylic acids is 2. The molecule has 0 fully saturated rings. The van der Waals surface area contributed by atoms with Crippen LogP contribution in [-0.4, -0.2) is 34.7 Å². The molecule has 0 saturated carbocycles. The zero-order chi connectivity index (χ0) is 20.8. The number of nitrogens with one attached hydrogen (secondary N) is 1. The van der Waals surface area contributed by atoms with Crippen LogP contribution in [0.15, 0.2) is 59.8 Å². The largest absolute Gasteiger partial charge is 0.468 e. The number of benzene rings is 2. The number of ether oxygens (including phenoxy) is 1. The summed E-state index contributed by atoms with van der Waals surface area (Å²) in [5.41, 5.74) is 4.10. The van der Waals surface area contributed by atoms with Crippen LogP contribution in [0.1, 0.15) is 11.1 Å². The molecule has 3 rings (SSSR count). The molecule has 0 aliphatic heterocycles. The maximum atomic E-state index is 12.1. The minimum absolute atomic E-state index is 0.0505. The summed E-state index contributed by atoms with van der Waals surface area (Å²) < 4.78 is 6.44. The van der Waals surface area contributed by atoms with E-state index in [1.54, 1.807) is 22.9 Å². The van der Waals surface area contributed by atoms with Gasteiger partial charge in [-0.05, 0) is 6.07 Å². The zero-order valence-corrected chi connectivity index (χ0v) is 15.6. The first-order valence-electron chi connectivity index (χ1n) is 8.68. The lowest BCUT2D eigenvalue weighted by molar-refractivity contribution is -0.385. The Hall–Kier alpha value is -4.01. The summed E-state index contributed by atoms with van der Waals surface area (Å²) in [6, 6.07) is 13.5. The number of hydrogen-bond donors (Lipinski definition) is 1. The summed E-state index contributed by atoms with van der Waals surface area (Å²) >= 11 is 0. The van der Waals surface area contributed by atoms with Gasteiger partial charge < -0.3 is 9.30 Å². The summed E-state index contributed by atoms with van der Waals surface area (Å²) in [4.78, 5) is 34.2. The van der Waals surface area contributed by atoms with E-state index in [4.69, 9.17) is 4.74 Å². The number of aromatic nitrogens is 1. The first-order valence-corrected chi connectivity index (χ1v) is 8.68. The fourth-order valence-electron chi connectivity index (χ4n) is 2.94. The van der Waals surface area contributed by atoms with Crippen LogP contribution in [0, 0.1) is 10.1 Å². The van der Waals surface area contributed by atoms with Crippen molar-refractivity contribution in [2.45, 2.75) is 13.0 Å². The second kappa shape index (κ2) is 8.79. The Labute approximate surface area is 165 Å². The molecule has 29 heavy (non-hydrogen) atoms. The van der Waals surface area contributed by atoms with E-state index in [0.29, 0.717) is 11.1 Å². The quantitative estimate of drug-likeness (QED) is 0.286. The second-order valence-corrected chi connectivity index (χ2v) is 6.16. The van der Waals surface area contributed by atoms with Crippen LogP contribution < -0.4 is 5.43 Å². The van der Waals surface area contributed by atoms with Crippen molar-refractivity contribution in [1.29, 1.82) is 0 Å². The minimum atomic E-state index is -0.526. The standard InChI is InChI=1S/C20H18N4O5/c1-29-20(26)13-23-12-15(16-7-3-5-9-18(16)23)11-21-22-19(25)10-14-6-2-4-8-17(14)24(27)28/h2-9,11-12H,10,13H2,1H3,(H,22,25). The first-order chi connectivity index (χ1) is 14.0. The molecule has 1 heterocycles. The van der Waals surface area contributed by atoms with Crippen molar-refractivity contribution < 1.29 is 19.2 Å². The molecule has 0 bridgehead atoms. The molecule has 0 aliphatic rings. The highest BCUT2D eigenvalue weighted by atomic mass is 16.6. The van der Waals surface area contributed by atoms with Crippen LogP contribution in [0.25, 0.3) is 10.9 Å². The number of carbonyl (C=O) groups is 2. The highest BCUT2D eigenvalue weighted by molar-refractivity contribution is 6.00. The smallest absolute Gasteiger partial charge is 0.325 e. The molecular formula is C20H18N4O5. The minimum Gasteiger partial charge on any atom is -0.468 e. The van der Waals surface area contributed by atoms with Crippen LogP contribution in [0.4, 0.5) is 5.69 Å². The lowest BCUT2D eigenvalue weighted by Gasteiger charge is -2.02. The van der Waals surface area contributed by atoms with Crippen molar-refractivity contribution in [3.8, 4) is 0 Å². The molecular weight excluding hydrogens is 376 g/mol. The predicted molar refractivity (Wildman–Crippen MR) is 106 cm³/mol. The van der Waals surface area contributed by atoms with Crippen LogP contribution in [-0.2, 0) is 27.3 Å². The van der Waals surface area contributed by atoms with E-state index in [1.807, 2.05) is 24.3 Å². The van der Waals surface area contributed by atoms with E-state index < -0.39 is 10.8 Å². The van der Waals surface area contributed by atoms with E-state index in [2.05, 4.69) is 10.5 Å². The molecule has 0 radical (unpaired) electrons. The second-order valence-electron chi connectivity index (χ2n) is 6.16. The number of rotatable bonds is 7. The van der Waals surface area contributed by atoms with Crippen molar-refractivity contribution in [3.05, 3.63) is 76.0 Å². The van der Waals surface area contributed by atoms with Gasteiger partial charge in [0.05, 0.1) is 24.7 Å². The van der Waals surface area contributed by atoms with Gasteiger partial charge >= 0.3 is 5.97 Å². The molecule has 1 amide bonds. The fraction of sp³-hybridized carbons (Fsp3) is 0.150. The van der Waals surface area contributed by atoms with Crippen LogP contribution in [0.2, 0.25) is 0 Å². The Morgan fingerprint density at radius 1 is 1.21 bits per heavy atom. The van der Waals surface area contributed by atoms with Gasteiger partial charge in [0.2, 0.25) is 5.91 Å². The summed E-state index contributed by atoms with van der Waals surface area (Å²) in [5.74, 6) is -0.860. The lowest BCUT2D eigenvalue weighted by atomic mass is 10.1. The van der Waals surface area contributed by atoms with Gasteiger partial charge in [-0.2, -0.15) is 5.10 Å². The number of amides is 1. The average molecular weight is 394 g/mol. The maximum absolute atomic E-state index is 12.1. The Balaban J connectivity index is 1.74. The number of nitro benzene ring substituents is 1. The number of methoxy groups -OCH3 is 1. The summed E-state index contributed by atoms with van der Waals surface area (Å²) in [5, 5.41) is 15.8. The van der Waals surface area contributed by atoms with E-state index in [-0.39, 0.29) is 24.6 Å². The van der Waals surface area contributed by atoms with Gasteiger partial charge in [0.1, 0.15) is 6.54 Å². The molecule has 9 nitrogen and oxygen atoms in total. The summed E-state index contributed by atoms with van der Waals surface area (Å²) in [6.45, 7) is 0.0505. The number of hydrogen-bond acceptors (Lipinski definition) is 6. The van der Waals surface area contributed by atoms with Crippen molar-refractivity contribution >= 4 is 34.7 Å². The van der Waals surface area contributed by atoms with Crippen LogP contribution in [0.3, 0.4) is 0 Å². The number of nitro groups is 1. The van der Waals surface area contributed by atoms with Gasteiger partial charge in [0.25, 0.3) is 5.69 Å². The van der Waals surface area contributed by atoms with Crippen LogP contribution >= 0.6 is 0 Å². The Kier molecular flexibility index (Phi) is 5.98. The van der Waals surface area contributed by atoms with Crippen molar-refractivity contribution in [3.63, 3.8) is 0 Å². The van der Waals surface area contributed by atoms with E-state index in [0.717, 1.165) is 10.9 Å². The summed E-state index contributed by atoms with van der Waals surface area (Å²) in [6.07, 6.45) is 3.03. The number of nitrogens with zero attached hydrogens (tertiary/aromatic N) is 3. The molecule has 9 heteroatoms. The highest BCUT2D eigenvalue weighted by Crippen LogP contribution is 2.20. The summed E-state index contributed by atoms with van der Waals surface area (Å²) in [7, 11) is 1.32. The van der Waals surface area contributed by atoms with Gasteiger partial charge in [-0.3, -0.25) is 19.7 Å².